The number of nitro groups is 1. The van der Waals surface area contributed by atoms with Crippen LogP contribution in [0.3, 0.4) is 0 Å². The number of nitrogens with one attached hydrogen (secondary N) is 1. The minimum atomic E-state index is -3.18. The van der Waals surface area contributed by atoms with Gasteiger partial charge in [0.15, 0.2) is 0 Å². The summed E-state index contributed by atoms with van der Waals surface area (Å²) in [6.07, 6.45) is -0.318. The summed E-state index contributed by atoms with van der Waals surface area (Å²) in [7, 11) is 0. The van der Waals surface area contributed by atoms with E-state index in [4.69, 9.17) is 21.1 Å². The number of nitro benzene ring substituents is 1. The zero-order valence-electron chi connectivity index (χ0n) is 23.6. The molecular weight excluding hydrogens is 576 g/mol. The maximum absolute atomic E-state index is 14.5. The van der Waals surface area contributed by atoms with E-state index < -0.39 is 41.1 Å². The number of rotatable bonds is 8. The second-order valence-electron chi connectivity index (χ2n) is 11.5. The molecule has 0 bridgehead atoms. The SMILES string of the molecule is CC(C)(C)OC(=O)N1CC(OCCC2CCN(c3cc([N+](=O)[O-])ccc3C(=O)Nc3cccc(Cl)n3)CC2)C(F)(F)C1. The number of halogens is 3. The summed E-state index contributed by atoms with van der Waals surface area (Å²) < 4.78 is 39.8. The van der Waals surface area contributed by atoms with Crippen LogP contribution in [-0.4, -0.2) is 77.2 Å². The maximum atomic E-state index is 14.5. The molecule has 1 N–H and O–H groups in total. The van der Waals surface area contributed by atoms with E-state index >= 15 is 0 Å². The number of non-ortho nitro benzene ring substituents is 1. The molecule has 1 aromatic heterocycles. The lowest BCUT2D eigenvalue weighted by Crippen LogP contribution is -2.37. The van der Waals surface area contributed by atoms with Crippen LogP contribution in [0.15, 0.2) is 36.4 Å². The van der Waals surface area contributed by atoms with E-state index in [-0.39, 0.29) is 41.3 Å². The Balaban J connectivity index is 1.33. The Hall–Kier alpha value is -3.58. The van der Waals surface area contributed by atoms with Gasteiger partial charge in [0.05, 0.1) is 29.3 Å². The predicted octanol–water partition coefficient (Wildman–Crippen LogP) is 5.77. The largest absolute Gasteiger partial charge is 0.444 e. The number of pyridine rings is 1. The van der Waals surface area contributed by atoms with Gasteiger partial charge < -0.3 is 19.7 Å². The quantitative estimate of drug-likeness (QED) is 0.227. The highest BCUT2D eigenvalue weighted by atomic mass is 35.5. The third kappa shape index (κ3) is 8.03. The summed E-state index contributed by atoms with van der Waals surface area (Å²) in [4.78, 5) is 43.2. The average Bonchev–Trinajstić information content (AvgIpc) is 3.22. The minimum absolute atomic E-state index is 0.101. The number of aromatic nitrogens is 1. The van der Waals surface area contributed by atoms with Gasteiger partial charge in [-0.2, -0.15) is 0 Å². The summed E-state index contributed by atoms with van der Waals surface area (Å²) >= 11 is 5.91. The van der Waals surface area contributed by atoms with Gasteiger partial charge in [0.2, 0.25) is 0 Å². The first-order valence-electron chi connectivity index (χ1n) is 13.7. The smallest absolute Gasteiger partial charge is 0.410 e. The number of nitrogens with zero attached hydrogens (tertiary/aromatic N) is 4. The predicted molar refractivity (Wildman–Crippen MR) is 152 cm³/mol. The van der Waals surface area contributed by atoms with Gasteiger partial charge in [-0.05, 0) is 64.2 Å². The number of alkyl halides is 2. The first-order valence-corrected chi connectivity index (χ1v) is 14.0. The molecule has 4 rings (SSSR count). The zero-order valence-corrected chi connectivity index (χ0v) is 24.4. The molecule has 2 fully saturated rings. The van der Waals surface area contributed by atoms with E-state index in [0.29, 0.717) is 38.0 Å². The van der Waals surface area contributed by atoms with Gasteiger partial charge in [-0.3, -0.25) is 19.8 Å². The third-order valence-electron chi connectivity index (χ3n) is 7.10. The maximum Gasteiger partial charge on any atom is 0.410 e. The number of ether oxygens (including phenoxy) is 2. The number of piperidine rings is 1. The van der Waals surface area contributed by atoms with Crippen molar-refractivity contribution in [2.75, 3.05) is 43.0 Å². The van der Waals surface area contributed by atoms with Crippen LogP contribution >= 0.6 is 11.6 Å². The number of anilines is 2. The Morgan fingerprint density at radius 1 is 1.21 bits per heavy atom. The van der Waals surface area contributed by atoms with E-state index in [1.807, 2.05) is 4.90 Å². The van der Waals surface area contributed by atoms with Gasteiger partial charge in [0.25, 0.3) is 17.5 Å². The first-order chi connectivity index (χ1) is 19.7. The lowest BCUT2D eigenvalue weighted by molar-refractivity contribution is -0.384. The molecule has 1 atom stereocenters. The van der Waals surface area contributed by atoms with Crippen LogP contribution < -0.4 is 10.2 Å². The van der Waals surface area contributed by atoms with E-state index in [1.54, 1.807) is 39.0 Å². The summed E-state index contributed by atoms with van der Waals surface area (Å²) in [6.45, 7) is 5.13. The average molecular weight is 610 g/mol. The van der Waals surface area contributed by atoms with Gasteiger partial charge in [-0.15, -0.1) is 0 Å². The molecule has 0 radical (unpaired) electrons. The lowest BCUT2D eigenvalue weighted by atomic mass is 9.93. The Kier molecular flexibility index (Phi) is 9.51. The monoisotopic (exact) mass is 609 g/mol. The van der Waals surface area contributed by atoms with Crippen molar-refractivity contribution in [1.29, 1.82) is 0 Å². The number of hydrogen-bond donors (Lipinski definition) is 1. The zero-order chi connectivity index (χ0) is 30.7. The van der Waals surface area contributed by atoms with Crippen LogP contribution in [0.25, 0.3) is 0 Å². The topological polar surface area (TPSA) is 127 Å². The van der Waals surface area contributed by atoms with Gasteiger partial charge in [0, 0.05) is 31.8 Å². The third-order valence-corrected chi connectivity index (χ3v) is 7.31. The van der Waals surface area contributed by atoms with Crippen LogP contribution in [0.1, 0.15) is 50.4 Å². The van der Waals surface area contributed by atoms with Crippen LogP contribution in [0.2, 0.25) is 5.15 Å². The normalized spacial score (nSPS) is 19.0. The van der Waals surface area contributed by atoms with Crippen molar-refractivity contribution in [2.45, 2.75) is 57.7 Å². The van der Waals surface area contributed by atoms with Crippen molar-refractivity contribution in [2.24, 2.45) is 5.92 Å². The van der Waals surface area contributed by atoms with Crippen LogP contribution in [0.5, 0.6) is 0 Å². The minimum Gasteiger partial charge on any atom is -0.444 e. The van der Waals surface area contributed by atoms with Gasteiger partial charge in [0.1, 0.15) is 22.7 Å². The number of hydrogen-bond acceptors (Lipinski definition) is 8. The molecular formula is C28H34ClF2N5O6. The van der Waals surface area contributed by atoms with Crippen molar-refractivity contribution in [3.05, 3.63) is 57.2 Å². The van der Waals surface area contributed by atoms with Crippen LogP contribution in [0, 0.1) is 16.0 Å². The molecule has 2 aliphatic rings. The van der Waals surface area contributed by atoms with Crippen LogP contribution in [-0.2, 0) is 9.47 Å². The number of likely N-dealkylation sites (tertiary alicyclic amines) is 1. The molecule has 228 valence electrons. The molecule has 2 amide bonds. The summed E-state index contributed by atoms with van der Waals surface area (Å²) in [5.41, 5.74) is -0.257. The van der Waals surface area contributed by atoms with Gasteiger partial charge >= 0.3 is 6.09 Å². The number of carbonyl (C=O) groups excluding carboxylic acids is 2. The number of amides is 2. The molecule has 0 saturated carbocycles. The fourth-order valence-electron chi connectivity index (χ4n) is 4.98. The fraction of sp³-hybridized carbons (Fsp3) is 0.536. The number of benzene rings is 1. The van der Waals surface area contributed by atoms with Crippen molar-refractivity contribution < 1.29 is 32.8 Å². The Morgan fingerprint density at radius 2 is 1.93 bits per heavy atom. The second kappa shape index (κ2) is 12.7. The standard InChI is InChI=1S/C28H34ClF2N5O6/c1-27(2,3)42-26(38)35-16-22(28(30,31)17-35)41-14-11-18-9-12-34(13-10-18)21-15-19(36(39)40)7-8-20(21)25(37)33-24-6-4-5-23(29)32-24/h4-8,15,18,22H,9-14,16-17H2,1-3H3,(H,32,33,37). The summed E-state index contributed by atoms with van der Waals surface area (Å²) in [5.74, 6) is -3.24. The van der Waals surface area contributed by atoms with Crippen molar-refractivity contribution in [3.8, 4) is 0 Å². The molecule has 2 aliphatic heterocycles. The molecule has 0 spiro atoms. The van der Waals surface area contributed by atoms with Crippen molar-refractivity contribution in [3.63, 3.8) is 0 Å². The molecule has 3 heterocycles. The molecule has 2 saturated heterocycles. The first kappa shape index (κ1) is 31.4. The van der Waals surface area contributed by atoms with E-state index in [0.717, 1.165) is 4.90 Å². The summed E-state index contributed by atoms with van der Waals surface area (Å²) in [5, 5.41) is 14.3. The Bertz CT molecular complexity index is 1320. The fourth-order valence-corrected chi connectivity index (χ4v) is 5.15. The molecule has 1 unspecified atom stereocenters. The van der Waals surface area contributed by atoms with E-state index in [9.17, 15) is 28.5 Å². The lowest BCUT2D eigenvalue weighted by Gasteiger charge is -2.34. The molecule has 0 aliphatic carbocycles. The highest BCUT2D eigenvalue weighted by Gasteiger charge is 2.51. The van der Waals surface area contributed by atoms with Crippen molar-refractivity contribution in [1.82, 2.24) is 9.88 Å². The second-order valence-corrected chi connectivity index (χ2v) is 11.8. The van der Waals surface area contributed by atoms with Crippen molar-refractivity contribution >= 4 is 40.8 Å². The van der Waals surface area contributed by atoms with Gasteiger partial charge in [-0.25, -0.2) is 18.6 Å². The molecule has 14 heteroatoms. The Labute approximate surface area is 247 Å². The van der Waals surface area contributed by atoms with E-state index in [2.05, 4.69) is 10.3 Å². The highest BCUT2D eigenvalue weighted by Crippen LogP contribution is 2.34. The van der Waals surface area contributed by atoms with Gasteiger partial charge in [-0.1, -0.05) is 17.7 Å². The molecule has 42 heavy (non-hydrogen) atoms. The Morgan fingerprint density at radius 3 is 2.57 bits per heavy atom. The molecule has 1 aromatic carbocycles. The van der Waals surface area contributed by atoms with Crippen LogP contribution in [0.4, 0.5) is 30.8 Å². The number of carbonyl (C=O) groups is 2. The highest BCUT2D eigenvalue weighted by molar-refractivity contribution is 6.29. The molecule has 11 nitrogen and oxygen atoms in total. The van der Waals surface area contributed by atoms with E-state index in [1.165, 1.54) is 18.2 Å². The summed E-state index contributed by atoms with van der Waals surface area (Å²) in [6, 6.07) is 8.86. The molecule has 2 aromatic rings.